The molecule has 3 rings (SSSR count). The van der Waals surface area contributed by atoms with Crippen molar-refractivity contribution in [1.29, 1.82) is 5.26 Å². The minimum Gasteiger partial charge on any atom is -0.510 e. The maximum Gasteiger partial charge on any atom is 0.173 e. The molecule has 0 aromatic heterocycles. The van der Waals surface area contributed by atoms with E-state index in [1.54, 1.807) is 6.92 Å². The lowest BCUT2D eigenvalue weighted by molar-refractivity contribution is -0.137. The number of aliphatic hydroxyl groups is 1. The number of hydrogen-bond acceptors (Lipinski definition) is 3. The molecule has 0 saturated heterocycles. The highest BCUT2D eigenvalue weighted by Crippen LogP contribution is 2.73. The van der Waals surface area contributed by atoms with Gasteiger partial charge in [-0.1, -0.05) is 38.8 Å². The smallest absolute Gasteiger partial charge is 0.173 e. The Hall–Kier alpha value is -1.56. The van der Waals surface area contributed by atoms with Crippen LogP contribution < -0.4 is 0 Å². The van der Waals surface area contributed by atoms with Crippen molar-refractivity contribution in [1.82, 2.24) is 0 Å². The number of nitriles is 1. The van der Waals surface area contributed by atoms with Crippen LogP contribution in [0.5, 0.6) is 0 Å². The summed E-state index contributed by atoms with van der Waals surface area (Å²) in [6.07, 6.45) is 5.22. The summed E-state index contributed by atoms with van der Waals surface area (Å²) in [6, 6.07) is 2.47. The lowest BCUT2D eigenvalue weighted by atomic mass is 9.38. The first-order valence-corrected chi connectivity index (χ1v) is 8.56. The average Bonchev–Trinajstić information content (AvgIpc) is 2.63. The van der Waals surface area contributed by atoms with Crippen LogP contribution in [0.3, 0.4) is 0 Å². The molecule has 0 spiro atoms. The molecule has 3 aliphatic rings. The Morgan fingerprint density at radius 2 is 1.83 bits per heavy atom. The SMILES string of the molecule is CC1=C[C@H]2C(C)(C)CCC[C@]2(C)[C@]2(C#N)C(O)=C(C)C(=O)[C@]12C. The molecule has 0 aromatic carbocycles. The van der Waals surface area contributed by atoms with Crippen LogP contribution in [0.25, 0.3) is 0 Å². The Bertz CT molecular complexity index is 708. The van der Waals surface area contributed by atoms with Crippen LogP contribution in [0.2, 0.25) is 0 Å². The lowest BCUT2D eigenvalue weighted by Gasteiger charge is -2.62. The van der Waals surface area contributed by atoms with Gasteiger partial charge in [-0.15, -0.1) is 0 Å². The van der Waals surface area contributed by atoms with Crippen molar-refractivity contribution in [3.05, 3.63) is 23.0 Å². The van der Waals surface area contributed by atoms with E-state index in [4.69, 9.17) is 0 Å². The summed E-state index contributed by atoms with van der Waals surface area (Å²) in [7, 11) is 0. The third-order valence-corrected chi connectivity index (χ3v) is 7.53. The van der Waals surface area contributed by atoms with Gasteiger partial charge in [0, 0.05) is 11.0 Å². The molecule has 1 N–H and O–H groups in total. The van der Waals surface area contributed by atoms with Crippen molar-refractivity contribution < 1.29 is 9.90 Å². The van der Waals surface area contributed by atoms with Gasteiger partial charge in [-0.25, -0.2) is 0 Å². The molecule has 4 atom stereocenters. The molecule has 1 saturated carbocycles. The van der Waals surface area contributed by atoms with Crippen LogP contribution in [0.1, 0.15) is 60.8 Å². The van der Waals surface area contributed by atoms with E-state index < -0.39 is 16.2 Å². The molecule has 0 aliphatic heterocycles. The molecule has 124 valence electrons. The number of hydrogen-bond donors (Lipinski definition) is 1. The highest BCUT2D eigenvalue weighted by Gasteiger charge is 2.74. The molecule has 0 amide bonds. The van der Waals surface area contributed by atoms with Crippen molar-refractivity contribution >= 4 is 5.78 Å². The number of nitrogens with zero attached hydrogens (tertiary/aromatic N) is 1. The Kier molecular flexibility index (Phi) is 3.04. The minimum atomic E-state index is -1.15. The fraction of sp³-hybridized carbons (Fsp3) is 0.700. The van der Waals surface area contributed by atoms with E-state index >= 15 is 0 Å². The fourth-order valence-electron chi connectivity index (χ4n) is 6.11. The summed E-state index contributed by atoms with van der Waals surface area (Å²) >= 11 is 0. The van der Waals surface area contributed by atoms with E-state index in [0.717, 1.165) is 24.8 Å². The first kappa shape index (κ1) is 16.3. The summed E-state index contributed by atoms with van der Waals surface area (Å²) in [4.78, 5) is 13.0. The minimum absolute atomic E-state index is 0.0187. The van der Waals surface area contributed by atoms with Gasteiger partial charge in [0.2, 0.25) is 0 Å². The molecular weight excluding hydrogens is 286 g/mol. The highest BCUT2D eigenvalue weighted by molar-refractivity contribution is 6.06. The van der Waals surface area contributed by atoms with Crippen LogP contribution in [0.4, 0.5) is 0 Å². The lowest BCUT2D eigenvalue weighted by Crippen LogP contribution is -2.61. The Labute approximate surface area is 139 Å². The Morgan fingerprint density at radius 1 is 1.22 bits per heavy atom. The normalized spacial score (nSPS) is 45.2. The molecular formula is C20H27NO2. The first-order chi connectivity index (χ1) is 10.5. The summed E-state index contributed by atoms with van der Waals surface area (Å²) < 4.78 is 0. The van der Waals surface area contributed by atoms with Gasteiger partial charge in [-0.2, -0.15) is 5.26 Å². The molecule has 0 unspecified atom stereocenters. The largest absolute Gasteiger partial charge is 0.510 e. The van der Waals surface area contributed by atoms with Crippen molar-refractivity contribution in [2.45, 2.75) is 60.8 Å². The van der Waals surface area contributed by atoms with E-state index in [-0.39, 0.29) is 22.9 Å². The standard InChI is InChI=1S/C20H27NO2/c1-12-10-14-17(3,4)8-7-9-18(14,5)20(11-21)16(23)13(2)15(22)19(12,20)6/h10,14,23H,7-9H2,1-6H3/t14-,18-,19-,20-/m0/s1. The van der Waals surface area contributed by atoms with Crippen molar-refractivity contribution in [3.8, 4) is 6.07 Å². The number of carbonyl (C=O) groups excluding carboxylic acids is 1. The van der Waals surface area contributed by atoms with Crippen molar-refractivity contribution in [3.63, 3.8) is 0 Å². The number of aliphatic hydroxyl groups excluding tert-OH is 1. The zero-order chi connectivity index (χ0) is 17.4. The summed E-state index contributed by atoms with van der Waals surface area (Å²) in [5.41, 5.74) is -1.18. The van der Waals surface area contributed by atoms with Gasteiger partial charge in [-0.05, 0) is 44.9 Å². The predicted octanol–water partition coefficient (Wildman–Crippen LogP) is 4.71. The highest BCUT2D eigenvalue weighted by atomic mass is 16.3. The van der Waals surface area contributed by atoms with Gasteiger partial charge in [-0.3, -0.25) is 4.79 Å². The molecule has 3 heteroatoms. The maximum absolute atomic E-state index is 13.0. The molecule has 0 heterocycles. The third kappa shape index (κ3) is 1.44. The van der Waals surface area contributed by atoms with Gasteiger partial charge in [0.25, 0.3) is 0 Å². The van der Waals surface area contributed by atoms with Crippen LogP contribution in [0, 0.1) is 38.9 Å². The average molecular weight is 313 g/mol. The van der Waals surface area contributed by atoms with Gasteiger partial charge < -0.3 is 5.11 Å². The van der Waals surface area contributed by atoms with E-state index in [0.29, 0.717) is 5.57 Å². The van der Waals surface area contributed by atoms with Gasteiger partial charge in [0.05, 0.1) is 11.5 Å². The van der Waals surface area contributed by atoms with Crippen LogP contribution in [-0.2, 0) is 4.79 Å². The van der Waals surface area contributed by atoms with Gasteiger partial charge in [0.1, 0.15) is 11.2 Å². The predicted molar refractivity (Wildman–Crippen MR) is 89.5 cm³/mol. The molecule has 0 bridgehead atoms. The van der Waals surface area contributed by atoms with E-state index in [9.17, 15) is 15.2 Å². The van der Waals surface area contributed by atoms with Crippen LogP contribution >= 0.6 is 0 Å². The maximum atomic E-state index is 13.0. The van der Waals surface area contributed by atoms with E-state index in [2.05, 4.69) is 32.9 Å². The van der Waals surface area contributed by atoms with Crippen molar-refractivity contribution in [2.24, 2.45) is 27.6 Å². The topological polar surface area (TPSA) is 61.1 Å². The quantitative estimate of drug-likeness (QED) is 0.659. The zero-order valence-corrected chi connectivity index (χ0v) is 15.1. The van der Waals surface area contributed by atoms with E-state index in [1.807, 2.05) is 13.8 Å². The third-order valence-electron chi connectivity index (χ3n) is 7.53. The van der Waals surface area contributed by atoms with Crippen LogP contribution in [-0.4, -0.2) is 10.9 Å². The van der Waals surface area contributed by atoms with Crippen LogP contribution in [0.15, 0.2) is 23.0 Å². The number of ketones is 1. The zero-order valence-electron chi connectivity index (χ0n) is 15.1. The summed E-state index contributed by atoms with van der Waals surface area (Å²) in [6.45, 7) is 12.1. The van der Waals surface area contributed by atoms with Crippen molar-refractivity contribution in [2.75, 3.05) is 0 Å². The number of Topliss-reactive ketones (excluding diaryl/α,β-unsaturated/α-hetero) is 1. The number of carbonyl (C=O) groups is 1. The second-order valence-electron chi connectivity index (χ2n) is 8.88. The molecule has 3 aliphatic carbocycles. The van der Waals surface area contributed by atoms with Gasteiger partial charge in [0.15, 0.2) is 5.78 Å². The first-order valence-electron chi connectivity index (χ1n) is 8.56. The second kappa shape index (κ2) is 4.29. The van der Waals surface area contributed by atoms with E-state index in [1.165, 1.54) is 0 Å². The molecule has 1 fully saturated rings. The Morgan fingerprint density at radius 3 is 2.39 bits per heavy atom. The Balaban J connectivity index is 2.42. The number of rotatable bonds is 0. The molecule has 0 aromatic rings. The second-order valence-corrected chi connectivity index (χ2v) is 8.88. The fourth-order valence-corrected chi connectivity index (χ4v) is 6.11. The monoisotopic (exact) mass is 313 g/mol. The molecule has 3 nitrogen and oxygen atoms in total. The summed E-state index contributed by atoms with van der Waals surface area (Å²) in [5, 5.41) is 21.3. The molecule has 0 radical (unpaired) electrons. The van der Waals surface area contributed by atoms with Gasteiger partial charge >= 0.3 is 0 Å². The number of fused-ring (bicyclic) bond motifs is 3. The number of allylic oxidation sites excluding steroid dienone is 4. The summed E-state index contributed by atoms with van der Waals surface area (Å²) in [5.74, 6) is 0.107. The molecule has 23 heavy (non-hydrogen) atoms.